The molecule has 2 nitrogen and oxygen atoms in total. The van der Waals surface area contributed by atoms with Crippen LogP contribution in [0.1, 0.15) is 6.92 Å². The first-order valence-corrected chi connectivity index (χ1v) is 2.58. The number of hydrogen-bond acceptors (Lipinski definition) is 2. The van der Waals surface area contributed by atoms with Crippen molar-refractivity contribution < 1.29 is 18.6 Å². The summed E-state index contributed by atoms with van der Waals surface area (Å²) in [5.74, 6) is 0. The molecule has 56 valence electrons. The highest BCUT2D eigenvalue weighted by Gasteiger charge is 2.23. The maximum absolute atomic E-state index is 11.5. The van der Waals surface area contributed by atoms with Crippen LogP contribution in [0.4, 0.5) is 8.78 Å². The zero-order chi connectivity index (χ0) is 7.44. The summed E-state index contributed by atoms with van der Waals surface area (Å²) in [6.45, 7) is 1.39. The molecular formula is C5H10F2O2. The quantitative estimate of drug-likeness (QED) is 0.623. The van der Waals surface area contributed by atoms with Gasteiger partial charge in [0.05, 0.1) is 6.10 Å². The van der Waals surface area contributed by atoms with Gasteiger partial charge < -0.3 is 9.84 Å². The minimum atomic E-state index is -2.72. The molecule has 4 heteroatoms. The van der Waals surface area contributed by atoms with E-state index in [-0.39, 0.29) is 0 Å². The molecule has 0 aromatic heterocycles. The van der Waals surface area contributed by atoms with E-state index in [4.69, 9.17) is 5.11 Å². The number of ether oxygens (including phenoxy) is 1. The lowest BCUT2D eigenvalue weighted by Gasteiger charge is -2.15. The van der Waals surface area contributed by atoms with Crippen LogP contribution in [0.5, 0.6) is 0 Å². The SMILES string of the molecule is COC(C)C(O)C(F)F. The Kier molecular flexibility index (Phi) is 3.65. The van der Waals surface area contributed by atoms with Crippen LogP contribution < -0.4 is 0 Å². The molecule has 0 aliphatic carbocycles. The standard InChI is InChI=1S/C5H10F2O2/c1-3(9-2)4(8)5(6)7/h3-5,8H,1-2H3. The molecule has 2 atom stereocenters. The van der Waals surface area contributed by atoms with Crippen molar-refractivity contribution in [1.82, 2.24) is 0 Å². The highest BCUT2D eigenvalue weighted by atomic mass is 19.3. The maximum Gasteiger partial charge on any atom is 0.266 e. The van der Waals surface area contributed by atoms with Crippen molar-refractivity contribution in [1.29, 1.82) is 0 Å². The van der Waals surface area contributed by atoms with Crippen molar-refractivity contribution in [3.05, 3.63) is 0 Å². The van der Waals surface area contributed by atoms with E-state index in [9.17, 15) is 8.78 Å². The molecule has 0 rings (SSSR count). The van der Waals surface area contributed by atoms with Crippen LogP contribution in [-0.4, -0.2) is 30.8 Å². The highest BCUT2D eigenvalue weighted by Crippen LogP contribution is 2.06. The van der Waals surface area contributed by atoms with Gasteiger partial charge in [0.1, 0.15) is 6.10 Å². The van der Waals surface area contributed by atoms with Gasteiger partial charge in [0.25, 0.3) is 6.43 Å². The largest absolute Gasteiger partial charge is 0.384 e. The van der Waals surface area contributed by atoms with Crippen molar-refractivity contribution in [2.75, 3.05) is 7.11 Å². The van der Waals surface area contributed by atoms with E-state index in [1.165, 1.54) is 14.0 Å². The summed E-state index contributed by atoms with van der Waals surface area (Å²) in [5.41, 5.74) is 0. The fraction of sp³-hybridized carbons (Fsp3) is 1.00. The molecule has 2 unspecified atom stereocenters. The number of methoxy groups -OCH3 is 1. The Balaban J connectivity index is 3.58. The molecule has 0 saturated carbocycles. The molecule has 0 fully saturated rings. The summed E-state index contributed by atoms with van der Waals surface area (Å²) >= 11 is 0. The van der Waals surface area contributed by atoms with Gasteiger partial charge in [-0.3, -0.25) is 0 Å². The molecule has 9 heavy (non-hydrogen) atoms. The molecule has 0 radical (unpaired) electrons. The van der Waals surface area contributed by atoms with E-state index >= 15 is 0 Å². The minimum Gasteiger partial charge on any atom is -0.384 e. The highest BCUT2D eigenvalue weighted by molar-refractivity contribution is 4.64. The van der Waals surface area contributed by atoms with Crippen molar-refractivity contribution in [3.63, 3.8) is 0 Å². The average Bonchev–Trinajstić information content (AvgIpc) is 1.84. The first-order chi connectivity index (χ1) is 4.09. The Morgan fingerprint density at radius 3 is 2.00 bits per heavy atom. The topological polar surface area (TPSA) is 29.5 Å². The van der Waals surface area contributed by atoms with E-state index in [2.05, 4.69) is 4.74 Å². The summed E-state index contributed by atoms with van der Waals surface area (Å²) in [5, 5.41) is 8.52. The van der Waals surface area contributed by atoms with Crippen LogP contribution >= 0.6 is 0 Å². The number of rotatable bonds is 3. The van der Waals surface area contributed by atoms with Gasteiger partial charge in [-0.25, -0.2) is 8.78 Å². The number of aliphatic hydroxyl groups is 1. The molecule has 0 aromatic carbocycles. The second-order valence-corrected chi connectivity index (χ2v) is 1.77. The zero-order valence-corrected chi connectivity index (χ0v) is 5.34. The summed E-state index contributed by atoms with van der Waals surface area (Å²) in [6.07, 6.45) is -5.19. The second-order valence-electron chi connectivity index (χ2n) is 1.77. The summed E-state index contributed by atoms with van der Waals surface area (Å²) in [4.78, 5) is 0. The molecule has 1 N–H and O–H groups in total. The number of aliphatic hydroxyl groups excluding tert-OH is 1. The van der Waals surface area contributed by atoms with Gasteiger partial charge in [-0.2, -0.15) is 0 Å². The van der Waals surface area contributed by atoms with Gasteiger partial charge in [0.15, 0.2) is 0 Å². The molecule has 0 saturated heterocycles. The molecule has 0 aliphatic heterocycles. The lowest BCUT2D eigenvalue weighted by Crippen LogP contribution is -2.31. The Morgan fingerprint density at radius 1 is 1.44 bits per heavy atom. The van der Waals surface area contributed by atoms with Crippen LogP contribution in [0.25, 0.3) is 0 Å². The van der Waals surface area contributed by atoms with Crippen molar-refractivity contribution >= 4 is 0 Å². The van der Waals surface area contributed by atoms with Gasteiger partial charge >= 0.3 is 0 Å². The predicted octanol–water partition coefficient (Wildman–Crippen LogP) is 0.647. The molecule has 0 spiro atoms. The lowest BCUT2D eigenvalue weighted by atomic mass is 10.2. The van der Waals surface area contributed by atoms with E-state index in [0.717, 1.165) is 0 Å². The monoisotopic (exact) mass is 140 g/mol. The Labute approximate surface area is 52.4 Å². The first-order valence-electron chi connectivity index (χ1n) is 2.58. The van der Waals surface area contributed by atoms with Crippen LogP contribution in [0, 0.1) is 0 Å². The van der Waals surface area contributed by atoms with Crippen molar-refractivity contribution in [2.45, 2.75) is 25.6 Å². The number of halogens is 2. The number of hydrogen-bond donors (Lipinski definition) is 1. The maximum atomic E-state index is 11.5. The lowest BCUT2D eigenvalue weighted by molar-refractivity contribution is -0.0825. The van der Waals surface area contributed by atoms with E-state index in [0.29, 0.717) is 0 Å². The van der Waals surface area contributed by atoms with Crippen molar-refractivity contribution in [3.8, 4) is 0 Å². The van der Waals surface area contributed by atoms with E-state index in [1.54, 1.807) is 0 Å². The third-order valence-electron chi connectivity index (χ3n) is 1.11. The fourth-order valence-electron chi connectivity index (χ4n) is 0.344. The zero-order valence-electron chi connectivity index (χ0n) is 5.34. The van der Waals surface area contributed by atoms with Crippen LogP contribution in [-0.2, 0) is 4.74 Å². The van der Waals surface area contributed by atoms with Gasteiger partial charge in [-0.05, 0) is 6.92 Å². The van der Waals surface area contributed by atoms with Gasteiger partial charge in [0, 0.05) is 7.11 Å². The third kappa shape index (κ3) is 2.72. The molecular weight excluding hydrogens is 130 g/mol. The van der Waals surface area contributed by atoms with Crippen molar-refractivity contribution in [2.24, 2.45) is 0 Å². The molecule has 0 heterocycles. The molecule has 0 aromatic rings. The normalized spacial score (nSPS) is 18.0. The van der Waals surface area contributed by atoms with Crippen LogP contribution in [0.15, 0.2) is 0 Å². The second kappa shape index (κ2) is 3.74. The average molecular weight is 140 g/mol. The van der Waals surface area contributed by atoms with Crippen LogP contribution in [0.3, 0.4) is 0 Å². The Morgan fingerprint density at radius 2 is 1.89 bits per heavy atom. The fourth-order valence-corrected chi connectivity index (χ4v) is 0.344. The van der Waals surface area contributed by atoms with E-state index < -0.39 is 18.6 Å². The van der Waals surface area contributed by atoms with Gasteiger partial charge in [-0.15, -0.1) is 0 Å². The predicted molar refractivity (Wildman–Crippen MR) is 28.5 cm³/mol. The molecule has 0 amide bonds. The smallest absolute Gasteiger partial charge is 0.266 e. The summed E-state index contributed by atoms with van der Waals surface area (Å²) in [6, 6.07) is 0. The summed E-state index contributed by atoms with van der Waals surface area (Å²) < 4.78 is 27.5. The first kappa shape index (κ1) is 8.78. The Bertz CT molecular complexity index is 77.4. The molecule has 0 bridgehead atoms. The Hall–Kier alpha value is -0.220. The summed E-state index contributed by atoms with van der Waals surface area (Å²) in [7, 11) is 1.27. The third-order valence-corrected chi connectivity index (χ3v) is 1.11. The van der Waals surface area contributed by atoms with Crippen LogP contribution in [0.2, 0.25) is 0 Å². The van der Waals surface area contributed by atoms with Gasteiger partial charge in [0.2, 0.25) is 0 Å². The molecule has 0 aliphatic rings. The van der Waals surface area contributed by atoms with E-state index in [1.807, 2.05) is 0 Å². The minimum absolute atomic E-state index is 0.801. The van der Waals surface area contributed by atoms with Gasteiger partial charge in [-0.1, -0.05) is 0 Å². The number of alkyl halides is 2.